The standard InChI is InChI=1S/C30H38N6/c1-2-28(34-4-6-36(20-34)30-16-24-10-25(17-30)12-26(11-24)18-30)32-31-27(1)33-3-5-35(19-33)29-13-21-7-22(14-29)9-23(8-21)15-29/h1-6,19-26H,7-18H2/q+2. The molecule has 11 rings (SSSR count). The molecular formula is C30H38N6+2. The monoisotopic (exact) mass is 482 g/mol. The molecule has 0 N–H and O–H groups in total. The number of hydrogen-bond donors (Lipinski definition) is 0. The molecule has 0 atom stereocenters. The van der Waals surface area contributed by atoms with Gasteiger partial charge in [0, 0.05) is 12.1 Å². The number of hydrogen-bond acceptors (Lipinski definition) is 2. The molecule has 0 aromatic carbocycles. The number of rotatable bonds is 4. The lowest BCUT2D eigenvalue weighted by Gasteiger charge is -2.54. The molecule has 3 aromatic rings. The summed E-state index contributed by atoms with van der Waals surface area (Å²) >= 11 is 0. The molecule has 3 aromatic heterocycles. The predicted octanol–water partition coefficient (Wildman–Crippen LogP) is 4.48. The molecule has 0 aliphatic heterocycles. The molecule has 8 aliphatic carbocycles. The fourth-order valence-electron chi connectivity index (χ4n) is 10.9. The molecule has 6 nitrogen and oxygen atoms in total. The molecule has 186 valence electrons. The van der Waals surface area contributed by atoms with Crippen molar-refractivity contribution in [2.45, 2.75) is 88.1 Å². The van der Waals surface area contributed by atoms with Crippen LogP contribution in [0.4, 0.5) is 0 Å². The Kier molecular flexibility index (Phi) is 4.04. The van der Waals surface area contributed by atoms with E-state index in [-0.39, 0.29) is 0 Å². The van der Waals surface area contributed by atoms with E-state index in [1.807, 2.05) is 0 Å². The van der Waals surface area contributed by atoms with Gasteiger partial charge in [-0.15, -0.1) is 10.2 Å². The molecule has 8 saturated carbocycles. The SMILES string of the molecule is c1cc(-n2cc[n+](C34CC5CC(CC(C5)C3)C4)c2)nnc1-n1cc[n+](C23CC4CC(CC(C4)C2)C3)c1. The van der Waals surface area contributed by atoms with Crippen LogP contribution < -0.4 is 9.13 Å². The van der Waals surface area contributed by atoms with E-state index in [1.54, 1.807) is 0 Å². The fourth-order valence-corrected chi connectivity index (χ4v) is 10.9. The molecule has 8 bridgehead atoms. The summed E-state index contributed by atoms with van der Waals surface area (Å²) < 4.78 is 9.40. The van der Waals surface area contributed by atoms with Crippen LogP contribution in [0.3, 0.4) is 0 Å². The van der Waals surface area contributed by atoms with Crippen LogP contribution in [-0.2, 0) is 11.1 Å². The summed E-state index contributed by atoms with van der Waals surface area (Å²) in [6, 6.07) is 4.25. The van der Waals surface area contributed by atoms with Crippen molar-refractivity contribution in [1.29, 1.82) is 0 Å². The first-order valence-corrected chi connectivity index (χ1v) is 14.7. The van der Waals surface area contributed by atoms with Crippen LogP contribution in [0.1, 0.15) is 77.0 Å². The van der Waals surface area contributed by atoms with Crippen molar-refractivity contribution >= 4 is 0 Å². The lowest BCUT2D eigenvalue weighted by Crippen LogP contribution is -2.64. The molecule has 0 unspecified atom stereocenters. The van der Waals surface area contributed by atoms with Gasteiger partial charge in [-0.25, -0.2) is 9.13 Å². The maximum Gasteiger partial charge on any atom is 0.250 e. The summed E-state index contributed by atoms with van der Waals surface area (Å²) in [5.74, 6) is 7.53. The third kappa shape index (κ3) is 2.96. The summed E-state index contributed by atoms with van der Waals surface area (Å²) in [7, 11) is 0. The Balaban J connectivity index is 0.969. The molecule has 0 spiro atoms. The predicted molar refractivity (Wildman–Crippen MR) is 133 cm³/mol. The van der Waals surface area contributed by atoms with Crippen molar-refractivity contribution in [2.24, 2.45) is 35.5 Å². The van der Waals surface area contributed by atoms with Gasteiger partial charge in [-0.2, -0.15) is 9.13 Å². The van der Waals surface area contributed by atoms with Gasteiger partial charge >= 0.3 is 0 Å². The Hall–Kier alpha value is -2.50. The topological polar surface area (TPSA) is 43.4 Å². The first kappa shape index (κ1) is 20.5. The van der Waals surface area contributed by atoms with Crippen LogP contribution in [0.2, 0.25) is 0 Å². The van der Waals surface area contributed by atoms with Crippen LogP contribution in [-0.4, -0.2) is 19.3 Å². The molecule has 0 amide bonds. The highest BCUT2D eigenvalue weighted by atomic mass is 15.3. The van der Waals surface area contributed by atoms with Crippen molar-refractivity contribution in [3.8, 4) is 11.6 Å². The second-order valence-corrected chi connectivity index (χ2v) is 14.0. The molecule has 3 heterocycles. The Morgan fingerprint density at radius 1 is 0.556 bits per heavy atom. The van der Waals surface area contributed by atoms with Gasteiger partial charge in [0.2, 0.25) is 11.6 Å². The molecule has 6 heteroatoms. The summed E-state index contributed by atoms with van der Waals surface area (Å²) in [5.41, 5.74) is 0.701. The molecule has 36 heavy (non-hydrogen) atoms. The average molecular weight is 483 g/mol. The third-order valence-electron chi connectivity index (χ3n) is 11.5. The van der Waals surface area contributed by atoms with Crippen LogP contribution in [0, 0.1) is 35.5 Å². The highest BCUT2D eigenvalue weighted by molar-refractivity contribution is 5.27. The van der Waals surface area contributed by atoms with Crippen molar-refractivity contribution in [1.82, 2.24) is 19.3 Å². The summed E-state index contributed by atoms with van der Waals surface area (Å²) in [5, 5.41) is 9.31. The maximum atomic E-state index is 4.66. The van der Waals surface area contributed by atoms with Gasteiger partial charge in [0.1, 0.15) is 35.9 Å². The van der Waals surface area contributed by atoms with Crippen LogP contribution in [0.5, 0.6) is 0 Å². The quantitative estimate of drug-likeness (QED) is 0.515. The van der Waals surface area contributed by atoms with E-state index in [0.717, 1.165) is 47.1 Å². The van der Waals surface area contributed by atoms with E-state index in [9.17, 15) is 0 Å². The van der Waals surface area contributed by atoms with E-state index in [0.29, 0.717) is 11.1 Å². The van der Waals surface area contributed by atoms with Gasteiger partial charge in [-0.3, -0.25) is 0 Å². The van der Waals surface area contributed by atoms with Crippen molar-refractivity contribution in [2.75, 3.05) is 0 Å². The minimum Gasteiger partial charge on any atom is -0.231 e. The van der Waals surface area contributed by atoms with Crippen molar-refractivity contribution in [3.05, 3.63) is 49.6 Å². The Morgan fingerprint density at radius 3 is 1.19 bits per heavy atom. The highest BCUT2D eigenvalue weighted by Crippen LogP contribution is 2.58. The Labute approximate surface area is 213 Å². The van der Waals surface area contributed by atoms with Crippen LogP contribution in [0.15, 0.2) is 49.6 Å². The summed E-state index contributed by atoms with van der Waals surface area (Å²) in [6.45, 7) is 0. The first-order chi connectivity index (χ1) is 17.6. The van der Waals surface area contributed by atoms with E-state index in [4.69, 9.17) is 0 Å². The number of nitrogens with zero attached hydrogens (tertiary/aromatic N) is 6. The smallest absolute Gasteiger partial charge is 0.231 e. The molecule has 0 radical (unpaired) electrons. The van der Waals surface area contributed by atoms with E-state index < -0.39 is 0 Å². The van der Waals surface area contributed by atoms with E-state index in [1.165, 1.54) is 77.0 Å². The van der Waals surface area contributed by atoms with Gasteiger partial charge in [-0.1, -0.05) is 0 Å². The van der Waals surface area contributed by atoms with Crippen LogP contribution >= 0.6 is 0 Å². The Bertz CT molecular complexity index is 1140. The fraction of sp³-hybridized carbons (Fsp3) is 0.667. The normalized spacial score (nSPS) is 41.9. The highest BCUT2D eigenvalue weighted by Gasteiger charge is 2.55. The lowest BCUT2D eigenvalue weighted by atomic mass is 9.53. The van der Waals surface area contributed by atoms with Crippen LogP contribution in [0.25, 0.3) is 11.6 Å². The zero-order valence-corrected chi connectivity index (χ0v) is 21.3. The van der Waals surface area contributed by atoms with Gasteiger partial charge in [0.05, 0.1) is 0 Å². The second-order valence-electron chi connectivity index (χ2n) is 14.0. The lowest BCUT2D eigenvalue weighted by molar-refractivity contribution is -0.776. The first-order valence-electron chi connectivity index (χ1n) is 14.7. The average Bonchev–Trinajstić information content (AvgIpc) is 3.54. The summed E-state index contributed by atoms with van der Waals surface area (Å²) in [6.07, 6.45) is 30.6. The van der Waals surface area contributed by atoms with E-state index >= 15 is 0 Å². The molecule has 0 saturated heterocycles. The minimum atomic E-state index is 0.351. The number of imidazole rings is 2. The Morgan fingerprint density at radius 2 is 0.889 bits per heavy atom. The second kappa shape index (κ2) is 7.08. The summed E-state index contributed by atoms with van der Waals surface area (Å²) in [4.78, 5) is 0. The molecule has 8 aliphatic rings. The molecular weight excluding hydrogens is 444 g/mol. The third-order valence-corrected chi connectivity index (χ3v) is 11.5. The largest absolute Gasteiger partial charge is 0.250 e. The number of aromatic nitrogens is 6. The van der Waals surface area contributed by atoms with E-state index in [2.05, 4.69) is 78.0 Å². The van der Waals surface area contributed by atoms with Gasteiger partial charge < -0.3 is 0 Å². The molecule has 8 fully saturated rings. The maximum absolute atomic E-state index is 4.66. The van der Waals surface area contributed by atoms with Gasteiger partial charge in [0.15, 0.2) is 0 Å². The zero-order chi connectivity index (χ0) is 23.5. The minimum absolute atomic E-state index is 0.351. The zero-order valence-electron chi connectivity index (χ0n) is 21.3. The van der Waals surface area contributed by atoms with Gasteiger partial charge in [-0.05, 0) is 113 Å². The van der Waals surface area contributed by atoms with Crippen molar-refractivity contribution < 1.29 is 9.13 Å². The van der Waals surface area contributed by atoms with Gasteiger partial charge in [0.25, 0.3) is 12.7 Å². The van der Waals surface area contributed by atoms with Crippen molar-refractivity contribution in [3.63, 3.8) is 0 Å².